The lowest BCUT2D eigenvalue weighted by Crippen LogP contribution is -2.19. The van der Waals surface area contributed by atoms with Gasteiger partial charge >= 0.3 is 0 Å². The molecular weight excluding hydrogens is 148 g/mol. The van der Waals surface area contributed by atoms with Crippen molar-refractivity contribution >= 4 is 0 Å². The fourth-order valence-electron chi connectivity index (χ4n) is 2.60. The molecule has 0 aromatic rings. The van der Waals surface area contributed by atoms with E-state index in [2.05, 4.69) is 6.58 Å². The molecule has 0 radical (unpaired) electrons. The molecule has 0 saturated heterocycles. The Kier molecular flexibility index (Phi) is 1.99. The van der Waals surface area contributed by atoms with E-state index in [1.165, 1.54) is 19.3 Å². The van der Waals surface area contributed by atoms with Gasteiger partial charge in [0.15, 0.2) is 0 Å². The van der Waals surface area contributed by atoms with Crippen molar-refractivity contribution in [1.29, 1.82) is 0 Å². The van der Waals surface area contributed by atoms with Gasteiger partial charge in [-0.05, 0) is 50.4 Å². The first-order valence-corrected chi connectivity index (χ1v) is 4.99. The Morgan fingerprint density at radius 2 is 2.00 bits per heavy atom. The highest BCUT2D eigenvalue weighted by molar-refractivity contribution is 5.00. The second-order valence-corrected chi connectivity index (χ2v) is 4.72. The van der Waals surface area contributed by atoms with E-state index in [0.29, 0.717) is 5.92 Å². The molecule has 68 valence electrons. The number of hydrogen-bond acceptors (Lipinski definition) is 1. The van der Waals surface area contributed by atoms with Crippen molar-refractivity contribution in [1.82, 2.24) is 0 Å². The summed E-state index contributed by atoms with van der Waals surface area (Å²) in [6.07, 6.45) is 4.70. The van der Waals surface area contributed by atoms with E-state index >= 15 is 0 Å². The van der Waals surface area contributed by atoms with E-state index < -0.39 is 0 Å². The van der Waals surface area contributed by atoms with Crippen LogP contribution in [0.4, 0.5) is 0 Å². The molecule has 2 saturated carbocycles. The summed E-state index contributed by atoms with van der Waals surface area (Å²) in [6, 6.07) is 0. The van der Waals surface area contributed by atoms with Crippen molar-refractivity contribution in [3.05, 3.63) is 12.2 Å². The Labute approximate surface area is 74.5 Å². The monoisotopic (exact) mass is 166 g/mol. The summed E-state index contributed by atoms with van der Waals surface area (Å²) in [7, 11) is 0. The van der Waals surface area contributed by atoms with Crippen LogP contribution in [-0.4, -0.2) is 11.2 Å². The third-order valence-corrected chi connectivity index (χ3v) is 3.38. The van der Waals surface area contributed by atoms with Crippen LogP contribution in [0, 0.1) is 17.8 Å². The zero-order valence-electron chi connectivity index (χ0n) is 7.79. The van der Waals surface area contributed by atoms with Gasteiger partial charge in [0.1, 0.15) is 0 Å². The molecule has 3 atom stereocenters. The second-order valence-electron chi connectivity index (χ2n) is 4.72. The van der Waals surface area contributed by atoms with Crippen LogP contribution in [0.3, 0.4) is 0 Å². The number of aliphatic hydroxyl groups is 1. The summed E-state index contributed by atoms with van der Waals surface area (Å²) in [6.45, 7) is 5.84. The third kappa shape index (κ3) is 1.56. The van der Waals surface area contributed by atoms with Gasteiger partial charge in [0.2, 0.25) is 0 Å². The molecule has 12 heavy (non-hydrogen) atoms. The molecule has 0 aromatic carbocycles. The van der Waals surface area contributed by atoms with Gasteiger partial charge in [0.05, 0.1) is 6.10 Å². The van der Waals surface area contributed by atoms with Gasteiger partial charge in [0.25, 0.3) is 0 Å². The van der Waals surface area contributed by atoms with Gasteiger partial charge < -0.3 is 5.11 Å². The van der Waals surface area contributed by atoms with Crippen molar-refractivity contribution in [2.24, 2.45) is 17.8 Å². The zero-order valence-corrected chi connectivity index (χ0v) is 7.79. The van der Waals surface area contributed by atoms with Gasteiger partial charge in [-0.3, -0.25) is 0 Å². The Morgan fingerprint density at radius 1 is 1.42 bits per heavy atom. The smallest absolute Gasteiger partial charge is 0.0605 e. The number of rotatable bonds is 3. The molecule has 3 unspecified atom stereocenters. The van der Waals surface area contributed by atoms with Gasteiger partial charge in [-0.1, -0.05) is 5.57 Å². The third-order valence-electron chi connectivity index (χ3n) is 3.38. The van der Waals surface area contributed by atoms with Crippen LogP contribution in [-0.2, 0) is 0 Å². The highest BCUT2D eigenvalue weighted by Crippen LogP contribution is 2.55. The molecule has 1 N–H and O–H groups in total. The molecule has 0 amide bonds. The first-order chi connectivity index (χ1) is 5.66. The first-order valence-electron chi connectivity index (χ1n) is 4.99. The lowest BCUT2D eigenvalue weighted by molar-refractivity contribution is 0.104. The summed E-state index contributed by atoms with van der Waals surface area (Å²) in [4.78, 5) is 0. The molecule has 0 bridgehead atoms. The summed E-state index contributed by atoms with van der Waals surface area (Å²) >= 11 is 0. The standard InChI is InChI=1S/C11H18O/c1-7(2)3-11(12)10-5-8-4-9(8)6-10/h8-12H,1,3-6H2,2H3. The van der Waals surface area contributed by atoms with Crippen molar-refractivity contribution in [2.75, 3.05) is 0 Å². The number of aliphatic hydroxyl groups excluding tert-OH is 1. The van der Waals surface area contributed by atoms with E-state index in [1.54, 1.807) is 0 Å². The van der Waals surface area contributed by atoms with Gasteiger partial charge in [-0.25, -0.2) is 0 Å². The minimum atomic E-state index is -0.102. The normalized spacial score (nSPS) is 40.7. The molecular formula is C11H18O. The Balaban J connectivity index is 1.80. The van der Waals surface area contributed by atoms with Crippen LogP contribution >= 0.6 is 0 Å². The second kappa shape index (κ2) is 2.88. The van der Waals surface area contributed by atoms with E-state index in [4.69, 9.17) is 0 Å². The highest BCUT2D eigenvalue weighted by Gasteiger charge is 2.47. The average Bonchev–Trinajstić information content (AvgIpc) is 2.57. The Bertz CT molecular complexity index is 187. The molecule has 0 aliphatic heterocycles. The summed E-state index contributed by atoms with van der Waals surface area (Å²) < 4.78 is 0. The Morgan fingerprint density at radius 3 is 2.50 bits per heavy atom. The van der Waals surface area contributed by atoms with Crippen LogP contribution in [0.5, 0.6) is 0 Å². The lowest BCUT2D eigenvalue weighted by atomic mass is 9.93. The summed E-state index contributed by atoms with van der Waals surface area (Å²) in [5.41, 5.74) is 1.11. The minimum absolute atomic E-state index is 0.102. The maximum atomic E-state index is 9.80. The van der Waals surface area contributed by atoms with E-state index in [-0.39, 0.29) is 6.10 Å². The van der Waals surface area contributed by atoms with Gasteiger partial charge in [-0.2, -0.15) is 0 Å². The quantitative estimate of drug-likeness (QED) is 0.638. The van der Waals surface area contributed by atoms with Crippen molar-refractivity contribution in [3.8, 4) is 0 Å². The molecule has 1 heteroatoms. The predicted molar refractivity (Wildman–Crippen MR) is 49.8 cm³/mol. The molecule has 2 rings (SSSR count). The molecule has 0 aromatic heterocycles. The molecule has 2 aliphatic rings. The zero-order chi connectivity index (χ0) is 8.72. The van der Waals surface area contributed by atoms with E-state index in [0.717, 1.165) is 23.8 Å². The van der Waals surface area contributed by atoms with Crippen LogP contribution in [0.15, 0.2) is 12.2 Å². The maximum absolute atomic E-state index is 9.80. The number of fused-ring (bicyclic) bond motifs is 1. The maximum Gasteiger partial charge on any atom is 0.0605 e. The van der Waals surface area contributed by atoms with Crippen LogP contribution < -0.4 is 0 Å². The summed E-state index contributed by atoms with van der Waals surface area (Å²) in [5, 5.41) is 9.80. The molecule has 1 nitrogen and oxygen atoms in total. The fraction of sp³-hybridized carbons (Fsp3) is 0.818. The predicted octanol–water partition coefficient (Wildman–Crippen LogP) is 2.36. The van der Waals surface area contributed by atoms with E-state index in [9.17, 15) is 5.11 Å². The first kappa shape index (κ1) is 8.31. The van der Waals surface area contributed by atoms with Crippen LogP contribution in [0.1, 0.15) is 32.6 Å². The van der Waals surface area contributed by atoms with Crippen molar-refractivity contribution in [2.45, 2.75) is 38.7 Å². The molecule has 0 spiro atoms. The summed E-state index contributed by atoms with van der Waals surface area (Å²) in [5.74, 6) is 2.55. The fourth-order valence-corrected chi connectivity index (χ4v) is 2.60. The molecule has 0 heterocycles. The van der Waals surface area contributed by atoms with E-state index in [1.807, 2.05) is 6.92 Å². The largest absolute Gasteiger partial charge is 0.393 e. The minimum Gasteiger partial charge on any atom is -0.393 e. The number of hydrogen-bond donors (Lipinski definition) is 1. The van der Waals surface area contributed by atoms with Crippen LogP contribution in [0.25, 0.3) is 0 Å². The highest BCUT2D eigenvalue weighted by atomic mass is 16.3. The molecule has 2 aliphatic carbocycles. The van der Waals surface area contributed by atoms with Gasteiger partial charge in [-0.15, -0.1) is 6.58 Å². The van der Waals surface area contributed by atoms with Crippen molar-refractivity contribution in [3.63, 3.8) is 0 Å². The Hall–Kier alpha value is -0.300. The lowest BCUT2D eigenvalue weighted by Gasteiger charge is -2.19. The molecule has 2 fully saturated rings. The van der Waals surface area contributed by atoms with Crippen LogP contribution in [0.2, 0.25) is 0 Å². The topological polar surface area (TPSA) is 20.2 Å². The van der Waals surface area contributed by atoms with Gasteiger partial charge in [0, 0.05) is 0 Å². The van der Waals surface area contributed by atoms with Crippen molar-refractivity contribution < 1.29 is 5.11 Å². The average molecular weight is 166 g/mol. The SMILES string of the molecule is C=C(C)CC(O)C1CC2CC2C1.